The molecule has 3 heterocycles. The Morgan fingerprint density at radius 2 is 2.25 bits per heavy atom. The molecule has 0 aliphatic carbocycles. The summed E-state index contributed by atoms with van der Waals surface area (Å²) >= 11 is 0. The van der Waals surface area contributed by atoms with Crippen molar-refractivity contribution in [2.45, 2.75) is 12.5 Å². The number of hydrogen-bond donors (Lipinski definition) is 2. The van der Waals surface area contributed by atoms with Gasteiger partial charge in [0.1, 0.15) is 12.0 Å². The van der Waals surface area contributed by atoms with E-state index in [1.54, 1.807) is 30.1 Å². The second-order valence-corrected chi connectivity index (χ2v) is 6.25. The molecule has 4 rings (SSSR count). The van der Waals surface area contributed by atoms with Gasteiger partial charge in [0.25, 0.3) is 5.91 Å². The average Bonchev–Trinajstić information content (AvgIpc) is 3.41. The van der Waals surface area contributed by atoms with Crippen molar-refractivity contribution >= 4 is 16.9 Å². The highest BCUT2D eigenvalue weighted by molar-refractivity contribution is 5.94. The number of nitrogens with one attached hydrogen (secondary N) is 2. The lowest BCUT2D eigenvalue weighted by Gasteiger charge is -2.15. The highest BCUT2D eigenvalue weighted by Gasteiger charge is 2.18. The van der Waals surface area contributed by atoms with Crippen LogP contribution < -0.4 is 5.32 Å². The number of amides is 1. The molecule has 28 heavy (non-hydrogen) atoms. The zero-order valence-electron chi connectivity index (χ0n) is 15.1. The molecule has 8 heteroatoms. The first-order valence-corrected chi connectivity index (χ1v) is 8.73. The number of nitriles is 1. The molecular formula is C20H17N7O. The number of fused-ring (bicyclic) bond motifs is 1. The predicted octanol–water partition coefficient (Wildman–Crippen LogP) is 2.68. The third-order valence-electron chi connectivity index (χ3n) is 4.59. The van der Waals surface area contributed by atoms with Crippen LogP contribution in [-0.4, -0.2) is 37.7 Å². The highest BCUT2D eigenvalue weighted by atomic mass is 16.1. The summed E-state index contributed by atoms with van der Waals surface area (Å²) in [6.45, 7) is 0. The molecule has 1 aromatic carbocycles. The summed E-state index contributed by atoms with van der Waals surface area (Å²) in [5.74, 6) is -0.172. The van der Waals surface area contributed by atoms with Gasteiger partial charge in [0.05, 0.1) is 30.4 Å². The Morgan fingerprint density at radius 1 is 1.36 bits per heavy atom. The molecule has 0 radical (unpaired) electrons. The maximum atomic E-state index is 12.0. The fourth-order valence-corrected chi connectivity index (χ4v) is 3.22. The van der Waals surface area contributed by atoms with Gasteiger partial charge in [-0.25, -0.2) is 9.97 Å². The molecule has 0 bridgehead atoms. The molecule has 4 aromatic rings. The number of hydrogen-bond acceptors (Lipinski definition) is 5. The maximum Gasteiger partial charge on any atom is 0.251 e. The molecule has 0 saturated heterocycles. The minimum Gasteiger partial charge on any atom is -0.355 e. The topological polar surface area (TPSA) is 112 Å². The molecule has 0 saturated carbocycles. The molecule has 2 N–H and O–H groups in total. The zero-order chi connectivity index (χ0) is 19.5. The number of rotatable bonds is 5. The van der Waals surface area contributed by atoms with Crippen LogP contribution in [0.25, 0.3) is 22.3 Å². The van der Waals surface area contributed by atoms with Gasteiger partial charge in [-0.05, 0) is 23.8 Å². The van der Waals surface area contributed by atoms with Crippen molar-refractivity contribution in [2.24, 2.45) is 0 Å². The van der Waals surface area contributed by atoms with Gasteiger partial charge in [0, 0.05) is 36.0 Å². The molecule has 1 atom stereocenters. The maximum absolute atomic E-state index is 12.0. The lowest BCUT2D eigenvalue weighted by molar-refractivity contribution is 0.0963. The van der Waals surface area contributed by atoms with E-state index in [2.05, 4.69) is 31.4 Å². The first kappa shape index (κ1) is 17.4. The molecule has 8 nitrogen and oxygen atoms in total. The number of aromatic nitrogens is 5. The third-order valence-corrected chi connectivity index (χ3v) is 4.59. The monoisotopic (exact) mass is 371 g/mol. The van der Waals surface area contributed by atoms with Crippen LogP contribution in [0.4, 0.5) is 0 Å². The van der Waals surface area contributed by atoms with Crippen LogP contribution in [0.2, 0.25) is 0 Å². The Bertz CT molecular complexity index is 1180. The summed E-state index contributed by atoms with van der Waals surface area (Å²) in [4.78, 5) is 23.6. The summed E-state index contributed by atoms with van der Waals surface area (Å²) in [5.41, 5.74) is 3.74. The van der Waals surface area contributed by atoms with Gasteiger partial charge in [-0.1, -0.05) is 12.1 Å². The van der Waals surface area contributed by atoms with E-state index in [0.29, 0.717) is 5.56 Å². The van der Waals surface area contributed by atoms with Gasteiger partial charge >= 0.3 is 0 Å². The summed E-state index contributed by atoms with van der Waals surface area (Å²) in [6.07, 6.45) is 7.13. The minimum absolute atomic E-state index is 0.172. The Labute approximate surface area is 160 Å². The van der Waals surface area contributed by atoms with E-state index < -0.39 is 0 Å². The lowest BCUT2D eigenvalue weighted by Crippen LogP contribution is -2.18. The molecule has 0 aliphatic heterocycles. The van der Waals surface area contributed by atoms with Crippen LogP contribution in [0.15, 0.2) is 55.2 Å². The van der Waals surface area contributed by atoms with Crippen molar-refractivity contribution in [3.63, 3.8) is 0 Å². The minimum atomic E-state index is -0.313. The Balaban J connectivity index is 1.74. The lowest BCUT2D eigenvalue weighted by atomic mass is 10.0. The van der Waals surface area contributed by atoms with E-state index in [0.717, 1.165) is 27.9 Å². The summed E-state index contributed by atoms with van der Waals surface area (Å²) in [6, 6.07) is 11.0. The van der Waals surface area contributed by atoms with Gasteiger partial charge in [-0.3, -0.25) is 9.48 Å². The average molecular weight is 371 g/mol. The quantitative estimate of drug-likeness (QED) is 0.560. The van der Waals surface area contributed by atoms with Gasteiger partial charge < -0.3 is 10.3 Å². The van der Waals surface area contributed by atoms with E-state index in [1.165, 1.54) is 6.33 Å². The third kappa shape index (κ3) is 3.10. The number of nitrogens with zero attached hydrogens (tertiary/aromatic N) is 5. The number of aromatic amines is 1. The van der Waals surface area contributed by atoms with Gasteiger partial charge in [-0.2, -0.15) is 10.4 Å². The van der Waals surface area contributed by atoms with Gasteiger partial charge in [0.2, 0.25) is 0 Å². The van der Waals surface area contributed by atoms with Crippen LogP contribution in [0.3, 0.4) is 0 Å². The predicted molar refractivity (Wildman–Crippen MR) is 103 cm³/mol. The highest BCUT2D eigenvalue weighted by Crippen LogP contribution is 2.28. The Kier molecular flexibility index (Phi) is 4.56. The second kappa shape index (κ2) is 7.32. The van der Waals surface area contributed by atoms with E-state index in [9.17, 15) is 10.1 Å². The van der Waals surface area contributed by atoms with Crippen LogP contribution in [-0.2, 0) is 0 Å². The van der Waals surface area contributed by atoms with Crippen molar-refractivity contribution in [1.82, 2.24) is 30.0 Å². The van der Waals surface area contributed by atoms with Crippen LogP contribution in [0, 0.1) is 11.3 Å². The van der Waals surface area contributed by atoms with Crippen molar-refractivity contribution < 1.29 is 4.79 Å². The molecule has 0 fully saturated rings. The normalized spacial score (nSPS) is 11.9. The molecular weight excluding hydrogens is 354 g/mol. The van der Waals surface area contributed by atoms with Crippen molar-refractivity contribution in [2.75, 3.05) is 7.05 Å². The molecule has 0 spiro atoms. The molecule has 1 unspecified atom stereocenters. The molecule has 1 amide bonds. The van der Waals surface area contributed by atoms with Crippen molar-refractivity contribution in [1.29, 1.82) is 5.26 Å². The fraction of sp³-hybridized carbons (Fsp3) is 0.150. The van der Waals surface area contributed by atoms with E-state index >= 15 is 0 Å². The smallest absolute Gasteiger partial charge is 0.251 e. The molecule has 138 valence electrons. The Morgan fingerprint density at radius 3 is 3.07 bits per heavy atom. The van der Waals surface area contributed by atoms with Crippen molar-refractivity contribution in [3.05, 3.63) is 66.4 Å². The van der Waals surface area contributed by atoms with E-state index in [4.69, 9.17) is 0 Å². The number of benzene rings is 1. The summed E-state index contributed by atoms with van der Waals surface area (Å²) in [7, 11) is 1.59. The first-order valence-electron chi connectivity index (χ1n) is 8.73. The van der Waals surface area contributed by atoms with E-state index in [1.807, 2.05) is 30.6 Å². The SMILES string of the molecule is CNC(=O)c1cccc(C(CC#N)n2cc(-c3ncnc4[nH]ccc34)cn2)c1. The fourth-order valence-electron chi connectivity index (χ4n) is 3.22. The van der Waals surface area contributed by atoms with Gasteiger partial charge in [0.15, 0.2) is 0 Å². The zero-order valence-corrected chi connectivity index (χ0v) is 15.1. The summed E-state index contributed by atoms with van der Waals surface area (Å²) < 4.78 is 1.74. The largest absolute Gasteiger partial charge is 0.355 e. The Hall–Kier alpha value is -3.99. The summed E-state index contributed by atoms with van der Waals surface area (Å²) in [5, 5.41) is 17.3. The van der Waals surface area contributed by atoms with Gasteiger partial charge in [-0.15, -0.1) is 0 Å². The van der Waals surface area contributed by atoms with Crippen LogP contribution in [0.5, 0.6) is 0 Å². The molecule has 3 aromatic heterocycles. The first-order chi connectivity index (χ1) is 13.7. The van der Waals surface area contributed by atoms with Crippen LogP contribution in [0.1, 0.15) is 28.4 Å². The van der Waals surface area contributed by atoms with E-state index in [-0.39, 0.29) is 18.4 Å². The standard InChI is InChI=1S/C20H17N7O/c1-22-20(28)14-4-2-3-13(9-14)17(5-7-21)27-11-15(10-26-27)18-16-6-8-23-19(16)25-12-24-18/h2-4,6,8-12,17H,5H2,1H3,(H,22,28)(H,23,24,25). The van der Waals surface area contributed by atoms with Crippen molar-refractivity contribution in [3.8, 4) is 17.3 Å². The van der Waals surface area contributed by atoms with Crippen LogP contribution >= 0.6 is 0 Å². The number of carbonyl (C=O) groups excluding carboxylic acids is 1. The number of carbonyl (C=O) groups is 1. The molecule has 0 aliphatic rings. The second-order valence-electron chi connectivity index (χ2n) is 6.25. The number of H-pyrrole nitrogens is 1.